The van der Waals surface area contributed by atoms with Crippen LogP contribution in [0.2, 0.25) is 0 Å². The van der Waals surface area contributed by atoms with E-state index in [0.717, 1.165) is 47.0 Å². The summed E-state index contributed by atoms with van der Waals surface area (Å²) in [5.41, 5.74) is 12.2. The summed E-state index contributed by atoms with van der Waals surface area (Å²) in [6.45, 7) is 6.90. The summed E-state index contributed by atoms with van der Waals surface area (Å²) in [5, 5.41) is 0. The van der Waals surface area contributed by atoms with Crippen LogP contribution in [0.3, 0.4) is 0 Å². The monoisotopic (exact) mass is 495 g/mol. The fourth-order valence-corrected chi connectivity index (χ4v) is 5.63. The van der Waals surface area contributed by atoms with Gasteiger partial charge in [0.05, 0.1) is 17.1 Å². The van der Waals surface area contributed by atoms with E-state index in [0.29, 0.717) is 0 Å². The van der Waals surface area contributed by atoms with Crippen LogP contribution in [-0.2, 0) is 18.3 Å². The van der Waals surface area contributed by atoms with Crippen LogP contribution in [0.1, 0.15) is 56.0 Å². The van der Waals surface area contributed by atoms with E-state index in [9.17, 15) is 0 Å². The van der Waals surface area contributed by atoms with Gasteiger partial charge in [-0.15, -0.1) is 0 Å². The summed E-state index contributed by atoms with van der Waals surface area (Å²) < 4.78 is 0. The van der Waals surface area contributed by atoms with Crippen molar-refractivity contribution in [3.63, 3.8) is 0 Å². The van der Waals surface area contributed by atoms with E-state index in [1.54, 1.807) is 0 Å². The van der Waals surface area contributed by atoms with Gasteiger partial charge in [0, 0.05) is 24.0 Å². The number of nitrogens with zero attached hydrogens (tertiary/aromatic N) is 3. The fourth-order valence-electron chi connectivity index (χ4n) is 5.63. The third kappa shape index (κ3) is 3.90. The van der Waals surface area contributed by atoms with E-state index in [4.69, 9.17) is 9.97 Å². The lowest BCUT2D eigenvalue weighted by Crippen LogP contribution is -2.28. The molecule has 2 aliphatic rings. The number of anilines is 3. The second-order valence-electron chi connectivity index (χ2n) is 11.2. The van der Waals surface area contributed by atoms with Gasteiger partial charge in [0.1, 0.15) is 11.6 Å². The molecule has 0 radical (unpaired) electrons. The van der Waals surface area contributed by atoms with E-state index < -0.39 is 0 Å². The third-order valence-corrected chi connectivity index (χ3v) is 7.59. The number of pyridine rings is 2. The largest absolute Gasteiger partial charge is 0.278 e. The minimum absolute atomic E-state index is 0. The van der Waals surface area contributed by atoms with E-state index in [1.807, 2.05) is 12.1 Å². The van der Waals surface area contributed by atoms with Gasteiger partial charge in [0.25, 0.3) is 0 Å². The Morgan fingerprint density at radius 1 is 0.579 bits per heavy atom. The molecule has 0 aliphatic carbocycles. The highest BCUT2D eigenvalue weighted by Crippen LogP contribution is 2.50. The minimum atomic E-state index is 0. The van der Waals surface area contributed by atoms with Gasteiger partial charge in [-0.1, -0.05) is 113 Å². The van der Waals surface area contributed by atoms with Gasteiger partial charge in [0.15, 0.2) is 0 Å². The summed E-state index contributed by atoms with van der Waals surface area (Å²) >= 11 is 0. The molecule has 3 nitrogen and oxygen atoms in total. The standard InChI is InChI=1S/C34H29N3.CH4/c1-34(2,3)28-20-26-18-24-14-16-29(22-10-6-4-7-11-22)35-32(24)37-31(26)27(21-28)19-25-15-17-30(36-33(25)37)23-12-8-5-9-13-23;/h4-17,20-21H,18-19H2,1-3H3;1H4. The molecule has 0 fully saturated rings. The van der Waals surface area contributed by atoms with Gasteiger partial charge in [0.2, 0.25) is 0 Å². The van der Waals surface area contributed by atoms with Crippen molar-refractivity contribution in [2.75, 3.05) is 4.90 Å². The van der Waals surface area contributed by atoms with Gasteiger partial charge in [-0.2, -0.15) is 0 Å². The molecule has 4 heterocycles. The summed E-state index contributed by atoms with van der Waals surface area (Å²) in [7, 11) is 0. The molecule has 0 bridgehead atoms. The first-order valence-electron chi connectivity index (χ1n) is 13.0. The van der Waals surface area contributed by atoms with Crippen LogP contribution in [0.15, 0.2) is 97.1 Å². The van der Waals surface area contributed by atoms with Crippen LogP contribution in [0, 0.1) is 0 Å². The van der Waals surface area contributed by atoms with E-state index in [-0.39, 0.29) is 12.8 Å². The van der Waals surface area contributed by atoms with Crippen LogP contribution < -0.4 is 4.90 Å². The first-order chi connectivity index (χ1) is 18.0. The molecule has 3 aromatic carbocycles. The molecule has 0 atom stereocenters. The molecule has 7 rings (SSSR count). The molecule has 0 amide bonds. The first-order valence-corrected chi connectivity index (χ1v) is 13.0. The molecule has 0 saturated carbocycles. The lowest BCUT2D eigenvalue weighted by Gasteiger charge is -2.39. The zero-order valence-electron chi connectivity index (χ0n) is 21.5. The zero-order chi connectivity index (χ0) is 25.1. The molecule has 0 spiro atoms. The Bertz CT molecular complexity index is 1530. The van der Waals surface area contributed by atoms with Crippen molar-refractivity contribution in [3.05, 3.63) is 125 Å². The molecule has 0 N–H and O–H groups in total. The van der Waals surface area contributed by atoms with Crippen molar-refractivity contribution in [2.24, 2.45) is 0 Å². The summed E-state index contributed by atoms with van der Waals surface area (Å²) in [5.74, 6) is 1.99. The molecule has 3 heteroatoms. The number of fused-ring (bicyclic) bond motifs is 4. The highest BCUT2D eigenvalue weighted by molar-refractivity contribution is 5.88. The first kappa shape index (κ1) is 24.1. The highest BCUT2D eigenvalue weighted by Gasteiger charge is 2.35. The third-order valence-electron chi connectivity index (χ3n) is 7.59. The van der Waals surface area contributed by atoms with Gasteiger partial charge in [-0.3, -0.25) is 4.90 Å². The maximum Gasteiger partial charge on any atom is 0.143 e. The predicted octanol–water partition coefficient (Wildman–Crippen LogP) is 9.02. The Balaban J connectivity index is 0.00000264. The van der Waals surface area contributed by atoms with Crippen LogP contribution in [0.5, 0.6) is 0 Å². The second kappa shape index (κ2) is 8.95. The molecule has 38 heavy (non-hydrogen) atoms. The van der Waals surface area contributed by atoms with Gasteiger partial charge in [-0.25, -0.2) is 9.97 Å². The molecule has 0 saturated heterocycles. The van der Waals surface area contributed by atoms with Crippen LogP contribution in [0.4, 0.5) is 17.3 Å². The maximum atomic E-state index is 5.27. The van der Waals surface area contributed by atoms with Gasteiger partial charge < -0.3 is 0 Å². The quantitative estimate of drug-likeness (QED) is 0.240. The normalized spacial score (nSPS) is 13.2. The molecule has 2 aromatic heterocycles. The Labute approximate surface area is 225 Å². The van der Waals surface area contributed by atoms with E-state index >= 15 is 0 Å². The lowest BCUT2D eigenvalue weighted by atomic mass is 9.80. The summed E-state index contributed by atoms with van der Waals surface area (Å²) in [6, 6.07) is 34.5. The molecule has 2 aliphatic heterocycles. The Hall–Kier alpha value is -4.24. The van der Waals surface area contributed by atoms with Crippen molar-refractivity contribution < 1.29 is 0 Å². The smallest absolute Gasteiger partial charge is 0.143 e. The Kier molecular flexibility index (Phi) is 5.68. The van der Waals surface area contributed by atoms with Crippen molar-refractivity contribution in [1.29, 1.82) is 0 Å². The van der Waals surface area contributed by atoms with Crippen LogP contribution in [-0.4, -0.2) is 9.97 Å². The molecular formula is C35H33N3. The number of aromatic nitrogens is 2. The Morgan fingerprint density at radius 2 is 1.03 bits per heavy atom. The number of benzene rings is 3. The van der Waals surface area contributed by atoms with E-state index in [2.05, 4.69) is 111 Å². The SMILES string of the molecule is C.CC(C)(C)c1cc2c3c(c1)Cc1ccc(-c4ccccc4)nc1N3c1nc(-c3ccccc3)ccc1C2. The number of rotatable bonds is 2. The topological polar surface area (TPSA) is 29.0 Å². The van der Waals surface area contributed by atoms with E-state index in [1.165, 1.54) is 33.5 Å². The van der Waals surface area contributed by atoms with Gasteiger partial charge in [-0.05, 0) is 45.4 Å². The van der Waals surface area contributed by atoms with Gasteiger partial charge >= 0.3 is 0 Å². The fraction of sp³-hybridized carbons (Fsp3) is 0.200. The van der Waals surface area contributed by atoms with Crippen LogP contribution >= 0.6 is 0 Å². The number of hydrogen-bond donors (Lipinski definition) is 0. The minimum Gasteiger partial charge on any atom is -0.278 e. The second-order valence-corrected chi connectivity index (χ2v) is 11.2. The van der Waals surface area contributed by atoms with Crippen molar-refractivity contribution in [3.8, 4) is 22.5 Å². The average Bonchev–Trinajstić information content (AvgIpc) is 2.92. The molecule has 5 aromatic rings. The van der Waals surface area contributed by atoms with Crippen molar-refractivity contribution in [1.82, 2.24) is 9.97 Å². The predicted molar refractivity (Wildman–Crippen MR) is 159 cm³/mol. The molecule has 188 valence electrons. The highest BCUT2D eigenvalue weighted by atomic mass is 15.3. The number of hydrogen-bond acceptors (Lipinski definition) is 3. The zero-order valence-corrected chi connectivity index (χ0v) is 21.5. The maximum absolute atomic E-state index is 5.27. The molecular weight excluding hydrogens is 462 g/mol. The lowest BCUT2D eigenvalue weighted by molar-refractivity contribution is 0.588. The average molecular weight is 496 g/mol. The molecule has 0 unspecified atom stereocenters. The van der Waals surface area contributed by atoms with Crippen LogP contribution in [0.25, 0.3) is 22.5 Å². The van der Waals surface area contributed by atoms with Crippen molar-refractivity contribution >= 4 is 17.3 Å². The van der Waals surface area contributed by atoms with Crippen molar-refractivity contribution in [2.45, 2.75) is 46.5 Å². The summed E-state index contributed by atoms with van der Waals surface area (Å²) in [6.07, 6.45) is 1.77. The summed E-state index contributed by atoms with van der Waals surface area (Å²) in [4.78, 5) is 12.9. The Morgan fingerprint density at radius 3 is 1.45 bits per heavy atom.